The van der Waals surface area contributed by atoms with Crippen molar-refractivity contribution >= 4 is 35.1 Å². The Hall–Kier alpha value is 0.730. The lowest BCUT2D eigenvalue weighted by atomic mass is 10.6. The van der Waals surface area contributed by atoms with E-state index in [0.717, 1.165) is 5.88 Å². The molecule has 0 saturated carbocycles. The molecule has 1 aliphatic rings. The Morgan fingerprint density at radius 2 is 2.50 bits per heavy atom. The van der Waals surface area contributed by atoms with Crippen LogP contribution in [0.25, 0.3) is 0 Å². The van der Waals surface area contributed by atoms with Gasteiger partial charge in [-0.05, 0) is 10.8 Å². The molecule has 46 valence electrons. The first kappa shape index (κ1) is 6.84. The van der Waals surface area contributed by atoms with Gasteiger partial charge in [0.2, 0.25) is 0 Å². The highest BCUT2D eigenvalue weighted by Gasteiger charge is 2.07. The smallest absolute Gasteiger partial charge is 0.0354 e. The zero-order valence-corrected chi connectivity index (χ0v) is 6.73. The van der Waals surface area contributed by atoms with Crippen molar-refractivity contribution in [2.24, 2.45) is 0 Å². The Balaban J connectivity index is 2.27. The minimum absolute atomic E-state index is 0.645. The minimum Gasteiger partial charge on any atom is -0.132 e. The van der Waals surface area contributed by atoms with Crippen LogP contribution in [0.1, 0.15) is 0 Å². The van der Waals surface area contributed by atoms with Crippen LogP contribution >= 0.6 is 35.1 Å². The van der Waals surface area contributed by atoms with Gasteiger partial charge >= 0.3 is 0 Å². The van der Waals surface area contributed by atoms with Crippen LogP contribution in [0.15, 0.2) is 10.8 Å². The van der Waals surface area contributed by atoms with Gasteiger partial charge in [0.05, 0.1) is 0 Å². The Kier molecular flexibility index (Phi) is 3.16. The Morgan fingerprint density at radius 3 is 2.88 bits per heavy atom. The summed E-state index contributed by atoms with van der Waals surface area (Å²) in [6.07, 6.45) is 0. The quantitative estimate of drug-likeness (QED) is 0.550. The molecule has 0 N–H and O–H groups in total. The van der Waals surface area contributed by atoms with Crippen molar-refractivity contribution in [3.8, 4) is 0 Å². The fraction of sp³-hybridized carbons (Fsp3) is 0.600. The highest BCUT2D eigenvalue weighted by atomic mass is 35.5. The first-order valence-corrected chi connectivity index (χ1v) is 4.94. The van der Waals surface area contributed by atoms with Gasteiger partial charge in [-0.15, -0.1) is 35.1 Å². The second-order valence-corrected chi connectivity index (χ2v) is 3.98. The normalized spacial score (nSPS) is 28.4. The van der Waals surface area contributed by atoms with Crippen LogP contribution in [0.3, 0.4) is 0 Å². The van der Waals surface area contributed by atoms with Crippen LogP contribution in [0, 0.1) is 0 Å². The minimum atomic E-state index is 0.645. The van der Waals surface area contributed by atoms with Crippen molar-refractivity contribution < 1.29 is 0 Å². The number of hydrogen-bond acceptors (Lipinski definition) is 2. The molecule has 0 aromatic rings. The molecule has 0 spiro atoms. The molecule has 0 radical (unpaired) electrons. The second-order valence-electron chi connectivity index (χ2n) is 1.52. The molecule has 0 aromatic carbocycles. The van der Waals surface area contributed by atoms with Gasteiger partial charge in [0.25, 0.3) is 0 Å². The Labute approximate surface area is 63.1 Å². The predicted octanol–water partition coefficient (Wildman–Crippen LogP) is 2.55. The predicted molar refractivity (Wildman–Crippen MR) is 43.7 cm³/mol. The summed E-state index contributed by atoms with van der Waals surface area (Å²) in [5.74, 6) is 1.95. The number of alkyl halides is 1. The zero-order chi connectivity index (χ0) is 5.82. The van der Waals surface area contributed by atoms with Crippen molar-refractivity contribution in [2.75, 3.05) is 11.6 Å². The van der Waals surface area contributed by atoms with Crippen molar-refractivity contribution in [1.29, 1.82) is 0 Å². The van der Waals surface area contributed by atoms with Crippen LogP contribution in [-0.4, -0.2) is 16.9 Å². The molecular weight excluding hydrogens is 160 g/mol. The van der Waals surface area contributed by atoms with E-state index in [1.807, 2.05) is 23.5 Å². The summed E-state index contributed by atoms with van der Waals surface area (Å²) in [5.41, 5.74) is 0. The highest BCUT2D eigenvalue weighted by Crippen LogP contribution is 2.25. The molecule has 0 nitrogen and oxygen atoms in total. The maximum Gasteiger partial charge on any atom is 0.0354 e. The molecule has 0 saturated heterocycles. The van der Waals surface area contributed by atoms with E-state index in [1.54, 1.807) is 0 Å². The van der Waals surface area contributed by atoms with Crippen LogP contribution < -0.4 is 0 Å². The molecule has 1 rings (SSSR count). The third-order valence-corrected chi connectivity index (χ3v) is 3.75. The fourth-order valence-electron chi connectivity index (χ4n) is 0.466. The molecule has 3 heteroatoms. The van der Waals surface area contributed by atoms with E-state index in [2.05, 4.69) is 10.8 Å². The summed E-state index contributed by atoms with van der Waals surface area (Å²) in [6, 6.07) is 0. The average molecular weight is 167 g/mol. The third-order valence-electron chi connectivity index (χ3n) is 0.877. The lowest BCUT2D eigenvalue weighted by molar-refractivity contribution is 1.15. The fourth-order valence-corrected chi connectivity index (χ4v) is 2.78. The van der Waals surface area contributed by atoms with E-state index in [1.165, 1.54) is 5.75 Å². The van der Waals surface area contributed by atoms with Gasteiger partial charge in [-0.1, -0.05) is 0 Å². The lowest BCUT2D eigenvalue weighted by Gasteiger charge is -2.11. The summed E-state index contributed by atoms with van der Waals surface area (Å²) < 4.78 is 0. The Bertz CT molecular complexity index is 92.4. The van der Waals surface area contributed by atoms with E-state index in [0.29, 0.717) is 5.25 Å². The maximum absolute atomic E-state index is 5.61. The first-order chi connectivity index (χ1) is 3.93. The van der Waals surface area contributed by atoms with E-state index >= 15 is 0 Å². The van der Waals surface area contributed by atoms with E-state index in [4.69, 9.17) is 11.6 Å². The van der Waals surface area contributed by atoms with Crippen molar-refractivity contribution in [3.05, 3.63) is 10.8 Å². The van der Waals surface area contributed by atoms with E-state index in [-0.39, 0.29) is 0 Å². The molecule has 1 unspecified atom stereocenters. The molecule has 0 fully saturated rings. The summed E-state index contributed by atoms with van der Waals surface area (Å²) in [5, 5.41) is 4.88. The molecule has 1 atom stereocenters. The summed E-state index contributed by atoms with van der Waals surface area (Å²) >= 11 is 9.28. The summed E-state index contributed by atoms with van der Waals surface area (Å²) in [7, 11) is 0. The number of halogens is 1. The summed E-state index contributed by atoms with van der Waals surface area (Å²) in [4.78, 5) is 0. The van der Waals surface area contributed by atoms with E-state index < -0.39 is 0 Å². The SMILES string of the molecule is ClCC1CSC=CS1. The van der Waals surface area contributed by atoms with E-state index in [9.17, 15) is 0 Å². The Morgan fingerprint density at radius 1 is 1.62 bits per heavy atom. The maximum atomic E-state index is 5.61. The third kappa shape index (κ3) is 1.92. The monoisotopic (exact) mass is 166 g/mol. The highest BCUT2D eigenvalue weighted by molar-refractivity contribution is 8.09. The molecule has 0 aromatic heterocycles. The number of hydrogen-bond donors (Lipinski definition) is 0. The number of rotatable bonds is 1. The first-order valence-electron chi connectivity index (χ1n) is 2.41. The van der Waals surface area contributed by atoms with Crippen LogP contribution in [0.5, 0.6) is 0 Å². The second kappa shape index (κ2) is 3.70. The summed E-state index contributed by atoms with van der Waals surface area (Å²) in [6.45, 7) is 0. The number of thioether (sulfide) groups is 2. The van der Waals surface area contributed by atoms with Gasteiger partial charge in [-0.3, -0.25) is 0 Å². The standard InChI is InChI=1S/C5H7ClS2/c6-3-5-4-7-1-2-8-5/h1-2,5H,3-4H2. The lowest BCUT2D eigenvalue weighted by Crippen LogP contribution is -2.07. The van der Waals surface area contributed by atoms with Crippen molar-refractivity contribution in [1.82, 2.24) is 0 Å². The molecule has 1 heterocycles. The average Bonchev–Trinajstić information content (AvgIpc) is 1.90. The largest absolute Gasteiger partial charge is 0.132 e. The van der Waals surface area contributed by atoms with Crippen molar-refractivity contribution in [2.45, 2.75) is 5.25 Å². The van der Waals surface area contributed by atoms with Gasteiger partial charge in [0.1, 0.15) is 0 Å². The molecule has 0 amide bonds. The molecule has 1 aliphatic heterocycles. The molecule has 8 heavy (non-hydrogen) atoms. The van der Waals surface area contributed by atoms with Gasteiger partial charge in [-0.25, -0.2) is 0 Å². The van der Waals surface area contributed by atoms with Gasteiger partial charge in [0.15, 0.2) is 0 Å². The van der Waals surface area contributed by atoms with Gasteiger partial charge in [-0.2, -0.15) is 0 Å². The van der Waals surface area contributed by atoms with Gasteiger partial charge < -0.3 is 0 Å². The topological polar surface area (TPSA) is 0 Å². The van der Waals surface area contributed by atoms with Crippen LogP contribution in [0.4, 0.5) is 0 Å². The van der Waals surface area contributed by atoms with Gasteiger partial charge in [0, 0.05) is 16.9 Å². The van der Waals surface area contributed by atoms with Crippen molar-refractivity contribution in [3.63, 3.8) is 0 Å². The molecule has 0 bridgehead atoms. The van der Waals surface area contributed by atoms with Crippen LogP contribution in [0.2, 0.25) is 0 Å². The zero-order valence-electron chi connectivity index (χ0n) is 4.34. The molecule has 0 aliphatic carbocycles. The van der Waals surface area contributed by atoms with Crippen LogP contribution in [-0.2, 0) is 0 Å². The molecular formula is C5H7ClS2.